The van der Waals surface area contributed by atoms with Crippen LogP contribution >= 0.6 is 0 Å². The maximum absolute atomic E-state index is 12.3. The van der Waals surface area contributed by atoms with Gasteiger partial charge in [-0.05, 0) is 25.3 Å². The van der Waals surface area contributed by atoms with Crippen molar-refractivity contribution in [3.8, 4) is 0 Å². The highest BCUT2D eigenvalue weighted by atomic mass is 32.2. The zero-order valence-corrected chi connectivity index (χ0v) is 10.3. The Labute approximate surface area is 100 Å². The topological polar surface area (TPSA) is 78.1 Å². The second-order valence-corrected chi connectivity index (χ2v) is 6.66. The number of aromatic amines is 1. The van der Waals surface area contributed by atoms with Gasteiger partial charge in [0.1, 0.15) is 4.90 Å². The third-order valence-corrected chi connectivity index (χ3v) is 5.47. The maximum Gasteiger partial charge on any atom is 0.246 e. The molecule has 0 unspecified atom stereocenters. The van der Waals surface area contributed by atoms with E-state index in [2.05, 4.69) is 15.5 Å². The molecule has 2 atom stereocenters. The number of nitrogens with zero attached hydrogens (tertiary/aromatic N) is 2. The van der Waals surface area contributed by atoms with E-state index < -0.39 is 10.0 Å². The number of H-pyrrole nitrogens is 1. The molecule has 0 radical (unpaired) electrons. The van der Waals surface area contributed by atoms with Crippen molar-refractivity contribution in [3.05, 3.63) is 12.4 Å². The molecule has 3 rings (SSSR count). The first-order chi connectivity index (χ1) is 8.18. The van der Waals surface area contributed by atoms with Crippen LogP contribution in [0.4, 0.5) is 0 Å². The molecule has 2 fully saturated rings. The van der Waals surface area contributed by atoms with Crippen LogP contribution in [0, 0.1) is 5.92 Å². The molecular formula is C10H16N4O2S. The van der Waals surface area contributed by atoms with Crippen molar-refractivity contribution in [3.63, 3.8) is 0 Å². The summed E-state index contributed by atoms with van der Waals surface area (Å²) in [6.07, 6.45) is 5.06. The van der Waals surface area contributed by atoms with Crippen LogP contribution in [-0.4, -0.2) is 48.6 Å². The second-order valence-electron chi connectivity index (χ2n) is 4.72. The average molecular weight is 256 g/mol. The third-order valence-electron chi connectivity index (χ3n) is 3.68. The number of nitrogens with one attached hydrogen (secondary N) is 2. The molecule has 1 aromatic rings. The van der Waals surface area contributed by atoms with Gasteiger partial charge in [0, 0.05) is 25.3 Å². The molecule has 0 spiro atoms. The van der Waals surface area contributed by atoms with Crippen molar-refractivity contribution >= 4 is 10.0 Å². The van der Waals surface area contributed by atoms with Gasteiger partial charge in [0.25, 0.3) is 0 Å². The molecule has 7 heteroatoms. The van der Waals surface area contributed by atoms with E-state index in [1.807, 2.05) is 0 Å². The van der Waals surface area contributed by atoms with Crippen molar-refractivity contribution in [1.82, 2.24) is 19.8 Å². The third kappa shape index (κ3) is 1.88. The quantitative estimate of drug-likeness (QED) is 0.767. The first-order valence-electron chi connectivity index (χ1n) is 5.90. The molecule has 0 aliphatic carbocycles. The van der Waals surface area contributed by atoms with Gasteiger partial charge in [-0.15, -0.1) is 0 Å². The summed E-state index contributed by atoms with van der Waals surface area (Å²) in [4.78, 5) is 0.260. The molecular weight excluding hydrogens is 240 g/mol. The molecule has 2 saturated heterocycles. The highest BCUT2D eigenvalue weighted by Crippen LogP contribution is 2.28. The summed E-state index contributed by atoms with van der Waals surface area (Å²) in [5.74, 6) is 0.463. The van der Waals surface area contributed by atoms with Gasteiger partial charge in [-0.2, -0.15) is 9.40 Å². The lowest BCUT2D eigenvalue weighted by Crippen LogP contribution is -2.41. The Morgan fingerprint density at radius 2 is 2.29 bits per heavy atom. The molecule has 3 heterocycles. The SMILES string of the molecule is O=S(=O)(c1cn[nH]c1)N1C[C@@H]2CCCN[C@@H]2C1. The van der Waals surface area contributed by atoms with Gasteiger partial charge >= 0.3 is 0 Å². The van der Waals surface area contributed by atoms with Crippen molar-refractivity contribution < 1.29 is 8.42 Å². The van der Waals surface area contributed by atoms with Gasteiger partial charge in [-0.1, -0.05) is 0 Å². The Hall–Kier alpha value is -0.920. The Morgan fingerprint density at radius 3 is 3.00 bits per heavy atom. The van der Waals surface area contributed by atoms with Gasteiger partial charge in [0.2, 0.25) is 10.0 Å². The molecule has 1 aromatic heterocycles. The summed E-state index contributed by atoms with van der Waals surface area (Å²) in [6, 6.07) is 0.324. The number of fused-ring (bicyclic) bond motifs is 1. The van der Waals surface area contributed by atoms with Crippen molar-refractivity contribution in [2.24, 2.45) is 5.92 Å². The van der Waals surface area contributed by atoms with Crippen LogP contribution in [0.3, 0.4) is 0 Å². The summed E-state index contributed by atoms with van der Waals surface area (Å²) in [6.45, 7) is 2.21. The zero-order chi connectivity index (χ0) is 11.9. The minimum Gasteiger partial charge on any atom is -0.312 e. The number of rotatable bonds is 2. The summed E-state index contributed by atoms with van der Waals surface area (Å²) < 4.78 is 26.1. The Balaban J connectivity index is 1.82. The van der Waals surface area contributed by atoms with Crippen molar-refractivity contribution in [1.29, 1.82) is 0 Å². The summed E-state index contributed by atoms with van der Waals surface area (Å²) in [7, 11) is -3.35. The van der Waals surface area contributed by atoms with E-state index in [1.54, 1.807) is 4.31 Å². The highest BCUT2D eigenvalue weighted by Gasteiger charge is 2.40. The minimum atomic E-state index is -3.35. The number of sulfonamides is 1. The van der Waals surface area contributed by atoms with Gasteiger partial charge in [-0.3, -0.25) is 5.10 Å². The number of hydrogen-bond donors (Lipinski definition) is 2. The van der Waals surface area contributed by atoms with Crippen LogP contribution in [-0.2, 0) is 10.0 Å². The van der Waals surface area contributed by atoms with E-state index in [0.29, 0.717) is 25.0 Å². The fraction of sp³-hybridized carbons (Fsp3) is 0.700. The van der Waals surface area contributed by atoms with E-state index in [9.17, 15) is 8.42 Å². The summed E-state index contributed by atoms with van der Waals surface area (Å²) in [5.41, 5.74) is 0. The van der Waals surface area contributed by atoms with Crippen LogP contribution in [0.15, 0.2) is 17.3 Å². The number of piperidine rings is 1. The first kappa shape index (κ1) is 11.2. The van der Waals surface area contributed by atoms with Crippen molar-refractivity contribution in [2.75, 3.05) is 19.6 Å². The predicted octanol–water partition coefficient (Wildman–Crippen LogP) is -0.218. The van der Waals surface area contributed by atoms with Gasteiger partial charge in [0.05, 0.1) is 6.20 Å². The molecule has 2 aliphatic heterocycles. The smallest absolute Gasteiger partial charge is 0.246 e. The van der Waals surface area contributed by atoms with E-state index >= 15 is 0 Å². The van der Waals surface area contributed by atoms with Gasteiger partial charge in [-0.25, -0.2) is 8.42 Å². The van der Waals surface area contributed by atoms with E-state index in [1.165, 1.54) is 12.4 Å². The number of hydrogen-bond acceptors (Lipinski definition) is 4. The van der Waals surface area contributed by atoms with Crippen LogP contribution in [0.5, 0.6) is 0 Å². The molecule has 6 nitrogen and oxygen atoms in total. The Bertz CT molecular complexity index is 470. The fourth-order valence-electron chi connectivity index (χ4n) is 2.73. The highest BCUT2D eigenvalue weighted by molar-refractivity contribution is 7.89. The monoisotopic (exact) mass is 256 g/mol. The lowest BCUT2D eigenvalue weighted by Gasteiger charge is -2.24. The molecule has 0 bridgehead atoms. The second kappa shape index (κ2) is 4.08. The minimum absolute atomic E-state index is 0.260. The summed E-state index contributed by atoms with van der Waals surface area (Å²) in [5, 5.41) is 9.65. The van der Waals surface area contributed by atoms with Crippen LogP contribution in [0.1, 0.15) is 12.8 Å². The predicted molar refractivity (Wildman–Crippen MR) is 61.9 cm³/mol. The average Bonchev–Trinajstić information content (AvgIpc) is 2.98. The molecule has 17 heavy (non-hydrogen) atoms. The normalized spacial score (nSPS) is 30.4. The first-order valence-corrected chi connectivity index (χ1v) is 7.34. The Kier molecular flexibility index (Phi) is 2.68. The standard InChI is InChI=1S/C10H16N4O2S/c15-17(16,9-4-12-13-5-9)14-6-8-2-1-3-11-10(8)7-14/h4-5,8,10-11H,1-3,6-7H2,(H,12,13)/t8-,10+/m0/s1. The maximum atomic E-state index is 12.3. The van der Waals surface area contributed by atoms with Gasteiger partial charge < -0.3 is 5.32 Å². The molecule has 0 saturated carbocycles. The molecule has 0 aromatic carbocycles. The fourth-order valence-corrected chi connectivity index (χ4v) is 4.16. The zero-order valence-electron chi connectivity index (χ0n) is 9.46. The molecule has 0 amide bonds. The molecule has 2 aliphatic rings. The largest absolute Gasteiger partial charge is 0.312 e. The van der Waals surface area contributed by atoms with E-state index in [-0.39, 0.29) is 4.90 Å². The van der Waals surface area contributed by atoms with Crippen LogP contribution in [0.2, 0.25) is 0 Å². The molecule has 94 valence electrons. The van der Waals surface area contributed by atoms with E-state index in [4.69, 9.17) is 0 Å². The Morgan fingerprint density at radius 1 is 1.41 bits per heavy atom. The number of aromatic nitrogens is 2. The van der Waals surface area contributed by atoms with Crippen LogP contribution < -0.4 is 5.32 Å². The lowest BCUT2D eigenvalue weighted by atomic mass is 9.94. The van der Waals surface area contributed by atoms with Gasteiger partial charge in [0.15, 0.2) is 0 Å². The van der Waals surface area contributed by atoms with Crippen LogP contribution in [0.25, 0.3) is 0 Å². The molecule has 2 N–H and O–H groups in total. The lowest BCUT2D eigenvalue weighted by molar-refractivity contribution is 0.339. The summed E-state index contributed by atoms with van der Waals surface area (Å²) >= 11 is 0. The van der Waals surface area contributed by atoms with Crippen molar-refractivity contribution in [2.45, 2.75) is 23.8 Å². The van der Waals surface area contributed by atoms with E-state index in [0.717, 1.165) is 19.4 Å².